The Hall–Kier alpha value is -2.74. The Morgan fingerprint density at radius 3 is 2.87 bits per heavy atom. The smallest absolute Gasteiger partial charge is 0.319 e. The normalized spacial score (nSPS) is 11.9. The van der Waals surface area contributed by atoms with Crippen molar-refractivity contribution in [1.82, 2.24) is 25.1 Å². The number of nitrogens with zero attached hydrogens (tertiary/aromatic N) is 4. The van der Waals surface area contributed by atoms with Crippen LogP contribution < -0.4 is 10.6 Å². The Balaban J connectivity index is 1.59. The van der Waals surface area contributed by atoms with Gasteiger partial charge in [0.15, 0.2) is 5.82 Å². The molecule has 0 aliphatic heterocycles. The van der Waals surface area contributed by atoms with Crippen LogP contribution in [0.1, 0.15) is 23.7 Å². The summed E-state index contributed by atoms with van der Waals surface area (Å²) in [6.07, 6.45) is 5.08. The van der Waals surface area contributed by atoms with Crippen molar-refractivity contribution in [3.8, 4) is 5.82 Å². The van der Waals surface area contributed by atoms with Crippen molar-refractivity contribution in [1.29, 1.82) is 0 Å². The van der Waals surface area contributed by atoms with E-state index >= 15 is 0 Å². The molecule has 3 aromatic heterocycles. The number of thiazole rings is 1. The summed E-state index contributed by atoms with van der Waals surface area (Å²) in [7, 11) is 0. The van der Waals surface area contributed by atoms with Gasteiger partial charge in [0.2, 0.25) is 0 Å². The summed E-state index contributed by atoms with van der Waals surface area (Å²) in [5.41, 5.74) is 1.57. The lowest BCUT2D eigenvalue weighted by Gasteiger charge is -2.12. The molecule has 0 bridgehead atoms. The predicted octanol–water partition coefficient (Wildman–Crippen LogP) is 2.91. The van der Waals surface area contributed by atoms with E-state index in [2.05, 4.69) is 25.7 Å². The molecule has 0 aliphatic rings. The van der Waals surface area contributed by atoms with Gasteiger partial charge >= 0.3 is 6.03 Å². The minimum absolute atomic E-state index is 0.148. The second kappa shape index (κ2) is 6.57. The van der Waals surface area contributed by atoms with E-state index in [0.29, 0.717) is 11.5 Å². The molecule has 0 aliphatic carbocycles. The summed E-state index contributed by atoms with van der Waals surface area (Å²) < 4.78 is 1.65. The zero-order valence-electron chi connectivity index (χ0n) is 12.7. The zero-order valence-corrected chi connectivity index (χ0v) is 13.5. The lowest BCUT2D eigenvalue weighted by Crippen LogP contribution is -2.31. The Bertz CT molecular complexity index is 781. The summed E-state index contributed by atoms with van der Waals surface area (Å²) in [6.45, 7) is 3.83. The van der Waals surface area contributed by atoms with E-state index in [-0.39, 0.29) is 12.1 Å². The Morgan fingerprint density at radius 1 is 1.39 bits per heavy atom. The van der Waals surface area contributed by atoms with Crippen LogP contribution in [0.3, 0.4) is 0 Å². The van der Waals surface area contributed by atoms with Crippen LogP contribution >= 0.6 is 11.3 Å². The number of anilines is 1. The molecule has 3 aromatic rings. The fourth-order valence-electron chi connectivity index (χ4n) is 2.00. The maximum absolute atomic E-state index is 12.0. The Morgan fingerprint density at radius 2 is 2.26 bits per heavy atom. The Labute approximate surface area is 137 Å². The number of amides is 2. The van der Waals surface area contributed by atoms with Crippen LogP contribution in [0.15, 0.2) is 42.2 Å². The highest BCUT2D eigenvalue weighted by Crippen LogP contribution is 2.17. The molecule has 0 saturated carbocycles. The highest BCUT2D eigenvalue weighted by atomic mass is 32.1. The van der Waals surface area contributed by atoms with Crippen LogP contribution in [0.5, 0.6) is 0 Å². The average molecular weight is 328 g/mol. The van der Waals surface area contributed by atoms with Crippen molar-refractivity contribution in [2.24, 2.45) is 0 Å². The first-order valence-corrected chi connectivity index (χ1v) is 7.95. The van der Waals surface area contributed by atoms with Crippen LogP contribution in [-0.4, -0.2) is 25.8 Å². The predicted molar refractivity (Wildman–Crippen MR) is 88.8 cm³/mol. The highest BCUT2D eigenvalue weighted by molar-refractivity contribution is 7.09. The van der Waals surface area contributed by atoms with Crippen LogP contribution in [0, 0.1) is 6.92 Å². The molecule has 0 aromatic carbocycles. The molecule has 3 rings (SSSR count). The van der Waals surface area contributed by atoms with E-state index in [1.54, 1.807) is 35.4 Å². The first-order chi connectivity index (χ1) is 11.1. The van der Waals surface area contributed by atoms with E-state index in [0.717, 1.165) is 10.7 Å². The molecule has 0 spiro atoms. The van der Waals surface area contributed by atoms with Crippen molar-refractivity contribution in [3.05, 3.63) is 52.9 Å². The van der Waals surface area contributed by atoms with Crippen LogP contribution in [0.25, 0.3) is 5.82 Å². The lowest BCUT2D eigenvalue weighted by molar-refractivity contribution is 0.249. The molecular weight excluding hydrogens is 312 g/mol. The molecule has 23 heavy (non-hydrogen) atoms. The van der Waals surface area contributed by atoms with E-state index in [4.69, 9.17) is 0 Å². The molecule has 0 saturated heterocycles. The van der Waals surface area contributed by atoms with Crippen molar-refractivity contribution in [2.75, 3.05) is 5.32 Å². The van der Waals surface area contributed by atoms with Crippen LogP contribution in [0.2, 0.25) is 0 Å². The maximum atomic E-state index is 12.0. The number of carbonyl (C=O) groups is 1. The van der Waals surface area contributed by atoms with Gasteiger partial charge in [0.1, 0.15) is 5.01 Å². The maximum Gasteiger partial charge on any atom is 0.319 e. The molecular formula is C15H16N6OS. The van der Waals surface area contributed by atoms with Crippen molar-refractivity contribution in [2.45, 2.75) is 19.9 Å². The van der Waals surface area contributed by atoms with Gasteiger partial charge in [0.25, 0.3) is 0 Å². The minimum atomic E-state index is -0.293. The van der Waals surface area contributed by atoms with Gasteiger partial charge in [-0.05, 0) is 32.0 Å². The zero-order chi connectivity index (χ0) is 16.2. The molecule has 0 radical (unpaired) electrons. The molecule has 2 amide bonds. The number of rotatable bonds is 4. The fraction of sp³-hybridized carbons (Fsp3) is 0.200. The monoisotopic (exact) mass is 328 g/mol. The number of pyridine rings is 1. The number of aryl methyl sites for hydroxylation is 1. The molecule has 7 nitrogen and oxygen atoms in total. The van der Waals surface area contributed by atoms with Crippen molar-refractivity contribution >= 4 is 23.1 Å². The molecule has 1 unspecified atom stereocenters. The summed E-state index contributed by atoms with van der Waals surface area (Å²) in [6, 6.07) is 4.95. The minimum Gasteiger partial charge on any atom is -0.329 e. The third-order valence-corrected chi connectivity index (χ3v) is 4.24. The van der Waals surface area contributed by atoms with Gasteiger partial charge in [0.05, 0.1) is 17.9 Å². The second-order valence-corrected chi connectivity index (χ2v) is 5.89. The van der Waals surface area contributed by atoms with E-state index in [1.807, 2.05) is 25.3 Å². The standard InChI is InChI=1S/C15H16N6OS/c1-10-9-23-14(18-10)11(2)19-15(22)20-12-4-5-13(16-8-12)21-7-3-6-17-21/h3-9,11H,1-2H3,(H2,19,20,22). The molecule has 118 valence electrons. The van der Waals surface area contributed by atoms with Gasteiger partial charge in [-0.2, -0.15) is 5.10 Å². The molecule has 2 N–H and O–H groups in total. The molecule has 8 heteroatoms. The van der Waals surface area contributed by atoms with Crippen LogP contribution in [-0.2, 0) is 0 Å². The van der Waals surface area contributed by atoms with Gasteiger partial charge in [-0.15, -0.1) is 11.3 Å². The SMILES string of the molecule is Cc1csc(C(C)NC(=O)Nc2ccc(-n3cccn3)nc2)n1. The number of nitrogens with one attached hydrogen (secondary N) is 2. The first kappa shape index (κ1) is 15.2. The first-order valence-electron chi connectivity index (χ1n) is 7.07. The quantitative estimate of drug-likeness (QED) is 0.771. The molecule has 1 atom stereocenters. The van der Waals surface area contributed by atoms with E-state index < -0.39 is 0 Å². The third-order valence-electron chi connectivity index (χ3n) is 3.10. The largest absolute Gasteiger partial charge is 0.329 e. The average Bonchev–Trinajstić information content (AvgIpc) is 3.19. The Kier molecular flexibility index (Phi) is 4.33. The van der Waals surface area contributed by atoms with Crippen molar-refractivity contribution < 1.29 is 4.79 Å². The number of hydrogen-bond acceptors (Lipinski definition) is 5. The van der Waals surface area contributed by atoms with Gasteiger partial charge in [-0.3, -0.25) is 0 Å². The van der Waals surface area contributed by atoms with Gasteiger partial charge in [0, 0.05) is 23.5 Å². The van der Waals surface area contributed by atoms with Crippen molar-refractivity contribution in [3.63, 3.8) is 0 Å². The fourth-order valence-corrected chi connectivity index (χ4v) is 2.80. The van der Waals surface area contributed by atoms with E-state index in [9.17, 15) is 4.79 Å². The number of carbonyl (C=O) groups excluding carboxylic acids is 1. The summed E-state index contributed by atoms with van der Waals surface area (Å²) in [5, 5.41) is 12.6. The summed E-state index contributed by atoms with van der Waals surface area (Å²) >= 11 is 1.53. The van der Waals surface area contributed by atoms with E-state index in [1.165, 1.54) is 11.3 Å². The van der Waals surface area contributed by atoms with Gasteiger partial charge in [-0.1, -0.05) is 0 Å². The number of urea groups is 1. The number of hydrogen-bond donors (Lipinski definition) is 2. The number of aromatic nitrogens is 4. The highest BCUT2D eigenvalue weighted by Gasteiger charge is 2.12. The van der Waals surface area contributed by atoms with Gasteiger partial charge in [-0.25, -0.2) is 19.4 Å². The molecule has 0 fully saturated rings. The second-order valence-electron chi connectivity index (χ2n) is 5.00. The summed E-state index contributed by atoms with van der Waals surface area (Å²) in [5.74, 6) is 0.688. The third kappa shape index (κ3) is 3.72. The summed E-state index contributed by atoms with van der Waals surface area (Å²) in [4.78, 5) is 20.7. The van der Waals surface area contributed by atoms with Crippen LogP contribution in [0.4, 0.5) is 10.5 Å². The lowest BCUT2D eigenvalue weighted by atomic mass is 10.3. The molecule has 3 heterocycles. The topological polar surface area (TPSA) is 84.7 Å². The van der Waals surface area contributed by atoms with Gasteiger partial charge < -0.3 is 10.6 Å².